The van der Waals surface area contributed by atoms with Crippen molar-refractivity contribution in [2.75, 3.05) is 20.2 Å². The predicted molar refractivity (Wildman–Crippen MR) is 68.4 cm³/mol. The van der Waals surface area contributed by atoms with Gasteiger partial charge in [0.2, 0.25) is 0 Å². The molecule has 0 aliphatic heterocycles. The van der Waals surface area contributed by atoms with Crippen molar-refractivity contribution >= 4 is 11.9 Å². The van der Waals surface area contributed by atoms with E-state index in [9.17, 15) is 9.59 Å². The van der Waals surface area contributed by atoms with Crippen molar-refractivity contribution in [2.24, 2.45) is 7.05 Å². The van der Waals surface area contributed by atoms with Crippen LogP contribution in [0.4, 0.5) is 0 Å². The highest BCUT2D eigenvalue weighted by Crippen LogP contribution is 2.08. The molecule has 1 heterocycles. The summed E-state index contributed by atoms with van der Waals surface area (Å²) in [4.78, 5) is 24.8. The summed E-state index contributed by atoms with van der Waals surface area (Å²) in [7, 11) is 3.53. The molecule has 0 N–H and O–H groups in total. The number of aryl methyl sites for hydroxylation is 1. The summed E-state index contributed by atoms with van der Waals surface area (Å²) >= 11 is 0. The lowest BCUT2D eigenvalue weighted by Crippen LogP contribution is -2.30. The van der Waals surface area contributed by atoms with Crippen LogP contribution in [-0.2, 0) is 16.6 Å². The topological polar surface area (TPSA) is 51.5 Å². The molecule has 1 aromatic rings. The molecule has 0 atom stereocenters. The third-order valence-corrected chi connectivity index (χ3v) is 2.90. The minimum Gasteiger partial charge on any atom is -0.466 e. The Morgan fingerprint density at radius 2 is 2.06 bits per heavy atom. The minimum absolute atomic E-state index is 0.0881. The summed E-state index contributed by atoms with van der Waals surface area (Å²) in [5.41, 5.74) is 1.65. The average molecular weight is 252 g/mol. The van der Waals surface area contributed by atoms with E-state index in [1.54, 1.807) is 20.0 Å². The lowest BCUT2D eigenvalue weighted by Gasteiger charge is -2.17. The fourth-order valence-electron chi connectivity index (χ4n) is 1.62. The Hall–Kier alpha value is -1.78. The van der Waals surface area contributed by atoms with E-state index in [0.29, 0.717) is 18.8 Å². The fourth-order valence-corrected chi connectivity index (χ4v) is 1.62. The van der Waals surface area contributed by atoms with Crippen molar-refractivity contribution in [3.8, 4) is 0 Å². The molecule has 0 saturated carbocycles. The highest BCUT2D eigenvalue weighted by Gasteiger charge is 2.16. The molecule has 18 heavy (non-hydrogen) atoms. The summed E-state index contributed by atoms with van der Waals surface area (Å²) in [6, 6.07) is 3.69. The molecule has 0 saturated heterocycles. The van der Waals surface area contributed by atoms with Crippen molar-refractivity contribution < 1.29 is 14.3 Å². The lowest BCUT2D eigenvalue weighted by atomic mass is 10.3. The number of carbonyl (C=O) groups excluding carboxylic acids is 2. The highest BCUT2D eigenvalue weighted by atomic mass is 16.5. The van der Waals surface area contributed by atoms with Crippen LogP contribution in [0.25, 0.3) is 0 Å². The predicted octanol–water partition coefficient (Wildman–Crippen LogP) is 1.36. The Balaban J connectivity index is 2.57. The number of esters is 1. The summed E-state index contributed by atoms with van der Waals surface area (Å²) in [6.45, 7) is 4.43. The van der Waals surface area contributed by atoms with Gasteiger partial charge in [0.15, 0.2) is 0 Å². The fraction of sp³-hybridized carbons (Fsp3) is 0.538. The monoisotopic (exact) mass is 252 g/mol. The van der Waals surface area contributed by atoms with Crippen LogP contribution in [0.15, 0.2) is 12.1 Å². The van der Waals surface area contributed by atoms with Crippen LogP contribution in [0.3, 0.4) is 0 Å². The smallest absolute Gasteiger partial charge is 0.307 e. The Morgan fingerprint density at radius 3 is 2.56 bits per heavy atom. The van der Waals surface area contributed by atoms with Gasteiger partial charge in [0.05, 0.1) is 13.0 Å². The van der Waals surface area contributed by atoms with Crippen LogP contribution in [0, 0.1) is 6.92 Å². The van der Waals surface area contributed by atoms with E-state index < -0.39 is 0 Å². The molecular formula is C13H20N2O3. The molecule has 0 fully saturated rings. The standard InChI is InChI=1S/C13H20N2O3/c1-5-18-12(16)8-9-14(3)13(17)11-7-6-10(2)15(11)4/h6-7H,5,8-9H2,1-4H3. The Kier molecular flexibility index (Phi) is 4.95. The molecule has 5 nitrogen and oxygen atoms in total. The van der Waals surface area contributed by atoms with E-state index in [4.69, 9.17) is 4.74 Å². The van der Waals surface area contributed by atoms with Gasteiger partial charge in [-0.15, -0.1) is 0 Å². The summed E-state index contributed by atoms with van der Waals surface area (Å²) < 4.78 is 6.66. The molecule has 0 aromatic carbocycles. The van der Waals surface area contributed by atoms with Gasteiger partial charge in [-0.05, 0) is 26.0 Å². The molecule has 1 amide bonds. The van der Waals surface area contributed by atoms with Gasteiger partial charge in [0.25, 0.3) is 5.91 Å². The van der Waals surface area contributed by atoms with E-state index >= 15 is 0 Å². The van der Waals surface area contributed by atoms with Crippen LogP contribution in [-0.4, -0.2) is 41.5 Å². The molecule has 0 unspecified atom stereocenters. The van der Waals surface area contributed by atoms with Gasteiger partial charge >= 0.3 is 5.97 Å². The zero-order chi connectivity index (χ0) is 13.7. The number of aromatic nitrogens is 1. The number of hydrogen-bond donors (Lipinski definition) is 0. The maximum atomic E-state index is 12.1. The zero-order valence-electron chi connectivity index (χ0n) is 11.4. The summed E-state index contributed by atoms with van der Waals surface area (Å²) in [6.07, 6.45) is 0.222. The second-order valence-electron chi connectivity index (χ2n) is 4.20. The normalized spacial score (nSPS) is 10.2. The number of amides is 1. The third kappa shape index (κ3) is 3.35. The second-order valence-corrected chi connectivity index (χ2v) is 4.20. The van der Waals surface area contributed by atoms with Gasteiger partial charge in [-0.1, -0.05) is 0 Å². The molecular weight excluding hydrogens is 232 g/mol. The van der Waals surface area contributed by atoms with Crippen LogP contribution in [0.2, 0.25) is 0 Å². The molecule has 0 radical (unpaired) electrons. The molecule has 0 bridgehead atoms. The van der Waals surface area contributed by atoms with E-state index in [1.165, 1.54) is 4.90 Å². The summed E-state index contributed by atoms with van der Waals surface area (Å²) in [5, 5.41) is 0. The largest absolute Gasteiger partial charge is 0.466 e. The molecule has 1 rings (SSSR count). The zero-order valence-corrected chi connectivity index (χ0v) is 11.4. The second kappa shape index (κ2) is 6.23. The average Bonchev–Trinajstić information content (AvgIpc) is 2.66. The van der Waals surface area contributed by atoms with Gasteiger partial charge in [-0.25, -0.2) is 0 Å². The Morgan fingerprint density at radius 1 is 1.39 bits per heavy atom. The first-order valence-corrected chi connectivity index (χ1v) is 6.00. The number of carbonyl (C=O) groups is 2. The maximum absolute atomic E-state index is 12.1. The van der Waals surface area contributed by atoms with Gasteiger partial charge in [-0.3, -0.25) is 9.59 Å². The van der Waals surface area contributed by atoms with Crippen molar-refractivity contribution in [3.63, 3.8) is 0 Å². The van der Waals surface area contributed by atoms with Crippen LogP contribution < -0.4 is 0 Å². The molecule has 0 spiro atoms. The van der Waals surface area contributed by atoms with E-state index in [2.05, 4.69) is 0 Å². The van der Waals surface area contributed by atoms with Crippen molar-refractivity contribution in [2.45, 2.75) is 20.3 Å². The quantitative estimate of drug-likeness (QED) is 0.743. The van der Waals surface area contributed by atoms with Crippen LogP contribution in [0.1, 0.15) is 29.5 Å². The highest BCUT2D eigenvalue weighted by molar-refractivity contribution is 5.93. The van der Waals surface area contributed by atoms with Gasteiger partial charge in [-0.2, -0.15) is 0 Å². The van der Waals surface area contributed by atoms with Crippen LogP contribution >= 0.6 is 0 Å². The molecule has 5 heteroatoms. The Labute approximate surface area is 107 Å². The SMILES string of the molecule is CCOC(=O)CCN(C)C(=O)c1ccc(C)n1C. The number of hydrogen-bond acceptors (Lipinski definition) is 3. The molecule has 0 aliphatic carbocycles. The number of rotatable bonds is 5. The lowest BCUT2D eigenvalue weighted by molar-refractivity contribution is -0.143. The van der Waals surface area contributed by atoms with Crippen molar-refractivity contribution in [3.05, 3.63) is 23.5 Å². The van der Waals surface area contributed by atoms with E-state index in [0.717, 1.165) is 5.69 Å². The van der Waals surface area contributed by atoms with Gasteiger partial charge in [0, 0.05) is 26.3 Å². The minimum atomic E-state index is -0.278. The first-order valence-electron chi connectivity index (χ1n) is 6.00. The van der Waals surface area contributed by atoms with Crippen LogP contribution in [0.5, 0.6) is 0 Å². The molecule has 0 aliphatic rings. The van der Waals surface area contributed by atoms with Gasteiger partial charge < -0.3 is 14.2 Å². The number of nitrogens with zero attached hydrogens (tertiary/aromatic N) is 2. The molecule has 100 valence electrons. The van der Waals surface area contributed by atoms with E-state index in [1.807, 2.05) is 24.6 Å². The first-order chi connectivity index (χ1) is 8.47. The number of ether oxygens (including phenoxy) is 1. The van der Waals surface area contributed by atoms with E-state index in [-0.39, 0.29) is 18.3 Å². The third-order valence-electron chi connectivity index (χ3n) is 2.90. The Bertz CT molecular complexity index is 437. The van der Waals surface area contributed by atoms with Crippen molar-refractivity contribution in [1.29, 1.82) is 0 Å². The first kappa shape index (κ1) is 14.3. The maximum Gasteiger partial charge on any atom is 0.307 e. The summed E-state index contributed by atoms with van der Waals surface area (Å²) in [5.74, 6) is -0.366. The van der Waals surface area contributed by atoms with Crippen molar-refractivity contribution in [1.82, 2.24) is 9.47 Å². The van der Waals surface area contributed by atoms with Gasteiger partial charge in [0.1, 0.15) is 5.69 Å². The molecule has 1 aromatic heterocycles.